The van der Waals surface area contributed by atoms with E-state index in [-0.39, 0.29) is 37.4 Å². The van der Waals surface area contributed by atoms with Crippen LogP contribution in [-0.2, 0) is 16.1 Å². The Bertz CT molecular complexity index is 874. The Morgan fingerprint density at radius 1 is 1.14 bits per heavy atom. The van der Waals surface area contributed by atoms with Gasteiger partial charge in [0.05, 0.1) is 17.0 Å². The molecule has 1 fully saturated rings. The van der Waals surface area contributed by atoms with Crippen molar-refractivity contribution in [3.63, 3.8) is 0 Å². The average Bonchev–Trinajstić information content (AvgIpc) is 2.74. The average molecular weight is 402 g/mol. The van der Waals surface area contributed by atoms with Crippen molar-refractivity contribution >= 4 is 17.7 Å². The number of hydrogen-bond donors (Lipinski definition) is 0. The van der Waals surface area contributed by atoms with Gasteiger partial charge in [0, 0.05) is 25.1 Å². The van der Waals surface area contributed by atoms with E-state index in [4.69, 9.17) is 9.47 Å². The maximum atomic E-state index is 14.5. The summed E-state index contributed by atoms with van der Waals surface area (Å²) in [5.74, 6) is -0.771. The Balaban J connectivity index is 1.49. The molecule has 29 heavy (non-hydrogen) atoms. The highest BCUT2D eigenvalue weighted by molar-refractivity contribution is 5.89. The summed E-state index contributed by atoms with van der Waals surface area (Å²) in [6.45, 7) is 0.0315. The molecule has 1 aliphatic heterocycles. The lowest BCUT2D eigenvalue weighted by molar-refractivity contribution is -0.384. The molecule has 1 amide bonds. The Morgan fingerprint density at radius 2 is 1.83 bits per heavy atom. The van der Waals surface area contributed by atoms with E-state index in [0.29, 0.717) is 0 Å². The van der Waals surface area contributed by atoms with Crippen LogP contribution in [0.15, 0.2) is 54.6 Å². The van der Waals surface area contributed by atoms with Crippen molar-refractivity contribution in [2.75, 3.05) is 13.1 Å². The number of esters is 1. The van der Waals surface area contributed by atoms with Gasteiger partial charge in [-0.1, -0.05) is 30.3 Å². The van der Waals surface area contributed by atoms with Crippen LogP contribution < -0.4 is 0 Å². The van der Waals surface area contributed by atoms with E-state index in [1.54, 1.807) is 0 Å². The number of carbonyl (C=O) groups is 2. The number of nitro groups is 1. The molecule has 9 heteroatoms. The molecule has 8 nitrogen and oxygen atoms in total. The molecule has 152 valence electrons. The summed E-state index contributed by atoms with van der Waals surface area (Å²) >= 11 is 0. The first-order chi connectivity index (χ1) is 13.9. The van der Waals surface area contributed by atoms with Gasteiger partial charge in [-0.25, -0.2) is 14.0 Å². The first kappa shape index (κ1) is 20.2. The Morgan fingerprint density at radius 3 is 2.45 bits per heavy atom. The summed E-state index contributed by atoms with van der Waals surface area (Å²) in [5.41, 5.74) is 0.754. The van der Waals surface area contributed by atoms with E-state index in [9.17, 15) is 24.1 Å². The number of hydrogen-bond acceptors (Lipinski definition) is 6. The van der Waals surface area contributed by atoms with Gasteiger partial charge in [-0.3, -0.25) is 10.1 Å². The number of non-ortho nitro benzene ring substituents is 1. The van der Waals surface area contributed by atoms with Crippen molar-refractivity contribution in [2.45, 2.75) is 25.3 Å². The molecule has 0 N–H and O–H groups in total. The van der Waals surface area contributed by atoms with Gasteiger partial charge < -0.3 is 14.4 Å². The number of carbonyl (C=O) groups excluding carboxylic acids is 2. The summed E-state index contributed by atoms with van der Waals surface area (Å²) in [5, 5.41) is 10.7. The van der Waals surface area contributed by atoms with Crippen molar-refractivity contribution in [3.8, 4) is 0 Å². The molecule has 0 bridgehead atoms. The smallest absolute Gasteiger partial charge is 0.410 e. The number of nitro benzene ring substituents is 1. The summed E-state index contributed by atoms with van der Waals surface area (Å²) in [4.78, 5) is 35.6. The second-order valence-corrected chi connectivity index (χ2v) is 6.54. The molecule has 2 aromatic rings. The van der Waals surface area contributed by atoms with E-state index in [1.807, 2.05) is 30.3 Å². The van der Waals surface area contributed by atoms with Crippen molar-refractivity contribution in [2.24, 2.45) is 0 Å². The number of amides is 1. The number of benzene rings is 2. The van der Waals surface area contributed by atoms with Crippen LogP contribution >= 0.6 is 0 Å². The molecule has 0 aliphatic carbocycles. The van der Waals surface area contributed by atoms with Crippen molar-refractivity contribution in [3.05, 3.63) is 75.8 Å². The molecular weight excluding hydrogens is 383 g/mol. The van der Waals surface area contributed by atoms with E-state index in [1.165, 1.54) is 29.2 Å². The molecule has 1 heterocycles. The summed E-state index contributed by atoms with van der Waals surface area (Å²) in [7, 11) is 0. The zero-order chi connectivity index (χ0) is 20.8. The molecular formula is C20H19FN2O6. The van der Waals surface area contributed by atoms with E-state index >= 15 is 0 Å². The number of rotatable bonds is 5. The predicted octanol–water partition coefficient (Wildman–Crippen LogP) is 3.50. The number of piperidine rings is 1. The fraction of sp³-hybridized carbons (Fsp3) is 0.300. The van der Waals surface area contributed by atoms with E-state index in [0.717, 1.165) is 5.56 Å². The number of likely N-dealkylation sites (tertiary alicyclic amines) is 1. The summed E-state index contributed by atoms with van der Waals surface area (Å²) in [6, 6.07) is 14.0. The molecule has 3 rings (SSSR count). The van der Waals surface area contributed by atoms with E-state index in [2.05, 4.69) is 0 Å². The predicted molar refractivity (Wildman–Crippen MR) is 100 cm³/mol. The van der Waals surface area contributed by atoms with Crippen LogP contribution in [-0.4, -0.2) is 47.3 Å². The van der Waals surface area contributed by atoms with Crippen LogP contribution in [0.4, 0.5) is 14.9 Å². The van der Waals surface area contributed by atoms with Gasteiger partial charge in [0.1, 0.15) is 12.7 Å². The number of ether oxygens (including phenoxy) is 2. The number of alkyl halides is 1. The van der Waals surface area contributed by atoms with Crippen molar-refractivity contribution in [1.29, 1.82) is 0 Å². The second kappa shape index (κ2) is 9.13. The first-order valence-electron chi connectivity index (χ1n) is 8.99. The van der Waals surface area contributed by atoms with Crippen LogP contribution in [0.3, 0.4) is 0 Å². The van der Waals surface area contributed by atoms with Gasteiger partial charge in [-0.05, 0) is 17.7 Å². The van der Waals surface area contributed by atoms with Gasteiger partial charge in [-0.15, -0.1) is 0 Å². The quantitative estimate of drug-likeness (QED) is 0.431. The zero-order valence-corrected chi connectivity index (χ0v) is 15.4. The third kappa shape index (κ3) is 5.28. The Kier molecular flexibility index (Phi) is 6.38. The molecule has 0 saturated carbocycles. The molecule has 0 spiro atoms. The fourth-order valence-electron chi connectivity index (χ4n) is 2.92. The highest BCUT2D eigenvalue weighted by Gasteiger charge is 2.35. The lowest BCUT2D eigenvalue weighted by Crippen LogP contribution is -2.48. The van der Waals surface area contributed by atoms with Crippen LogP contribution in [0.5, 0.6) is 0 Å². The Labute approximate surface area is 166 Å². The maximum Gasteiger partial charge on any atom is 0.410 e. The number of nitrogens with zero attached hydrogens (tertiary/aromatic N) is 2. The minimum Gasteiger partial charge on any atom is -0.456 e. The van der Waals surface area contributed by atoms with Crippen LogP contribution in [0.25, 0.3) is 0 Å². The fourth-order valence-corrected chi connectivity index (χ4v) is 2.92. The van der Waals surface area contributed by atoms with Gasteiger partial charge in [0.15, 0.2) is 6.17 Å². The first-order valence-corrected chi connectivity index (χ1v) is 8.99. The van der Waals surface area contributed by atoms with E-state index < -0.39 is 29.3 Å². The summed E-state index contributed by atoms with van der Waals surface area (Å²) in [6.07, 6.45) is -3.07. The molecule has 0 aromatic heterocycles. The zero-order valence-electron chi connectivity index (χ0n) is 15.4. The SMILES string of the molecule is O=C(O[C@@H]1CCN(C(=O)OCc2ccccc2)C[C@@H]1F)c1ccc([N+](=O)[O-])cc1. The topological polar surface area (TPSA) is 99.0 Å². The van der Waals surface area contributed by atoms with Gasteiger partial charge in [-0.2, -0.15) is 0 Å². The number of halogens is 1. The molecule has 1 aliphatic rings. The van der Waals surface area contributed by atoms with Crippen molar-refractivity contribution in [1.82, 2.24) is 4.90 Å². The molecule has 1 saturated heterocycles. The van der Waals surface area contributed by atoms with Crippen molar-refractivity contribution < 1.29 is 28.4 Å². The Hall–Kier alpha value is -3.49. The minimum atomic E-state index is -1.56. The van der Waals surface area contributed by atoms with Crippen LogP contribution in [0, 0.1) is 10.1 Å². The minimum absolute atomic E-state index is 0.0890. The molecule has 0 radical (unpaired) electrons. The van der Waals surface area contributed by atoms with Gasteiger partial charge in [0.2, 0.25) is 0 Å². The third-order valence-corrected chi connectivity index (χ3v) is 4.52. The maximum absolute atomic E-state index is 14.5. The molecule has 2 aromatic carbocycles. The highest BCUT2D eigenvalue weighted by atomic mass is 19.1. The normalized spacial score (nSPS) is 18.7. The standard InChI is InChI=1S/C20H19FN2O6/c21-17-12-22(20(25)28-13-14-4-2-1-3-5-14)11-10-18(17)29-19(24)15-6-8-16(9-7-15)23(26)27/h1-9,17-18H,10-13H2/t17-,18+/m0/s1. The second-order valence-electron chi connectivity index (χ2n) is 6.54. The lowest BCUT2D eigenvalue weighted by Gasteiger charge is -2.33. The van der Waals surface area contributed by atoms with Crippen LogP contribution in [0.2, 0.25) is 0 Å². The van der Waals surface area contributed by atoms with Crippen LogP contribution in [0.1, 0.15) is 22.3 Å². The van der Waals surface area contributed by atoms with Gasteiger partial charge in [0.25, 0.3) is 5.69 Å². The molecule has 0 unspecified atom stereocenters. The third-order valence-electron chi connectivity index (χ3n) is 4.52. The molecule has 2 atom stereocenters. The summed E-state index contributed by atoms with van der Waals surface area (Å²) < 4.78 is 24.8. The largest absolute Gasteiger partial charge is 0.456 e. The highest BCUT2D eigenvalue weighted by Crippen LogP contribution is 2.21. The lowest BCUT2D eigenvalue weighted by atomic mass is 10.1. The van der Waals surface area contributed by atoms with Gasteiger partial charge >= 0.3 is 12.1 Å². The monoisotopic (exact) mass is 402 g/mol.